The van der Waals surface area contributed by atoms with Crippen LogP contribution in [-0.2, 0) is 6.42 Å². The van der Waals surface area contributed by atoms with E-state index >= 15 is 0 Å². The monoisotopic (exact) mass is 260 g/mol. The lowest BCUT2D eigenvalue weighted by molar-refractivity contribution is 0.0945. The number of aryl methyl sites for hydroxylation is 1. The number of benzene rings is 1. The molecule has 0 aromatic heterocycles. The average molecular weight is 260 g/mol. The fraction of sp³-hybridized carbons (Fsp3) is 0.562. The SMILES string of the molecule is CC(C)C(C)CNC(=O)c1cccc2c1NCCC2. The molecule has 1 aromatic carbocycles. The molecular formula is C16H24N2O. The Morgan fingerprint density at radius 2 is 2.16 bits per heavy atom. The van der Waals surface area contributed by atoms with Gasteiger partial charge in [0.1, 0.15) is 0 Å². The first-order valence-corrected chi connectivity index (χ1v) is 7.23. The van der Waals surface area contributed by atoms with Gasteiger partial charge in [0.05, 0.1) is 11.3 Å². The predicted molar refractivity (Wildman–Crippen MR) is 79.6 cm³/mol. The van der Waals surface area contributed by atoms with Gasteiger partial charge in [0.2, 0.25) is 0 Å². The molecule has 1 heterocycles. The van der Waals surface area contributed by atoms with Crippen LogP contribution in [0, 0.1) is 11.8 Å². The lowest BCUT2D eigenvalue weighted by Gasteiger charge is -2.21. The zero-order valence-corrected chi connectivity index (χ0v) is 12.1. The molecule has 0 bridgehead atoms. The number of hydrogen-bond acceptors (Lipinski definition) is 2. The number of carbonyl (C=O) groups excluding carboxylic acids is 1. The zero-order valence-electron chi connectivity index (χ0n) is 12.1. The Balaban J connectivity index is 2.07. The van der Waals surface area contributed by atoms with Crippen LogP contribution >= 0.6 is 0 Å². The standard InChI is InChI=1S/C16H24N2O/c1-11(2)12(3)10-18-16(19)14-8-4-6-13-7-5-9-17-15(13)14/h4,6,8,11-12,17H,5,7,9-10H2,1-3H3,(H,18,19). The Hall–Kier alpha value is -1.51. The highest BCUT2D eigenvalue weighted by molar-refractivity contribution is 6.00. The summed E-state index contributed by atoms with van der Waals surface area (Å²) in [5, 5.41) is 6.41. The van der Waals surface area contributed by atoms with E-state index < -0.39 is 0 Å². The molecule has 0 spiro atoms. The molecule has 0 radical (unpaired) electrons. The second-order valence-corrected chi connectivity index (χ2v) is 5.80. The maximum atomic E-state index is 12.3. The minimum absolute atomic E-state index is 0.0405. The van der Waals surface area contributed by atoms with Crippen LogP contribution in [0.4, 0.5) is 5.69 Å². The number of rotatable bonds is 4. The van der Waals surface area contributed by atoms with Gasteiger partial charge in [0, 0.05) is 13.1 Å². The fourth-order valence-electron chi connectivity index (χ4n) is 2.28. The van der Waals surface area contributed by atoms with Crippen molar-refractivity contribution in [2.75, 3.05) is 18.4 Å². The molecule has 3 nitrogen and oxygen atoms in total. The minimum atomic E-state index is 0.0405. The smallest absolute Gasteiger partial charge is 0.253 e. The van der Waals surface area contributed by atoms with E-state index in [4.69, 9.17) is 0 Å². The number of fused-ring (bicyclic) bond motifs is 1. The highest BCUT2D eigenvalue weighted by Crippen LogP contribution is 2.26. The van der Waals surface area contributed by atoms with Gasteiger partial charge in [0.15, 0.2) is 0 Å². The summed E-state index contributed by atoms with van der Waals surface area (Å²) in [5.74, 6) is 1.12. The summed E-state index contributed by atoms with van der Waals surface area (Å²) in [4.78, 5) is 12.3. The molecule has 1 aliphatic heterocycles. The Labute approximate surface area is 115 Å². The van der Waals surface area contributed by atoms with Gasteiger partial charge in [0.25, 0.3) is 5.91 Å². The molecule has 19 heavy (non-hydrogen) atoms. The van der Waals surface area contributed by atoms with E-state index in [0.717, 1.165) is 37.2 Å². The molecular weight excluding hydrogens is 236 g/mol. The Morgan fingerprint density at radius 3 is 2.89 bits per heavy atom. The molecule has 1 amide bonds. The number of amides is 1. The Kier molecular flexibility index (Phi) is 4.46. The Bertz CT molecular complexity index is 454. The van der Waals surface area contributed by atoms with E-state index in [-0.39, 0.29) is 5.91 Å². The molecule has 104 valence electrons. The molecule has 2 rings (SSSR count). The molecule has 2 N–H and O–H groups in total. The molecule has 0 fully saturated rings. The van der Waals surface area contributed by atoms with Crippen molar-refractivity contribution >= 4 is 11.6 Å². The van der Waals surface area contributed by atoms with Crippen LogP contribution in [-0.4, -0.2) is 19.0 Å². The summed E-state index contributed by atoms with van der Waals surface area (Å²) in [6.07, 6.45) is 2.20. The van der Waals surface area contributed by atoms with E-state index in [1.54, 1.807) is 0 Å². The lowest BCUT2D eigenvalue weighted by atomic mass is 9.97. The van der Waals surface area contributed by atoms with Crippen molar-refractivity contribution in [1.82, 2.24) is 5.32 Å². The molecule has 1 aliphatic rings. The Morgan fingerprint density at radius 1 is 1.37 bits per heavy atom. The highest BCUT2D eigenvalue weighted by Gasteiger charge is 2.17. The number of carbonyl (C=O) groups is 1. The second kappa shape index (κ2) is 6.09. The van der Waals surface area contributed by atoms with E-state index in [1.165, 1.54) is 5.56 Å². The fourth-order valence-corrected chi connectivity index (χ4v) is 2.28. The van der Waals surface area contributed by atoms with Gasteiger partial charge in [-0.1, -0.05) is 32.9 Å². The van der Waals surface area contributed by atoms with Crippen molar-refractivity contribution in [2.45, 2.75) is 33.6 Å². The van der Waals surface area contributed by atoms with Crippen molar-refractivity contribution in [3.63, 3.8) is 0 Å². The molecule has 1 aromatic rings. The summed E-state index contributed by atoms with van der Waals surface area (Å²) in [5.41, 5.74) is 3.08. The van der Waals surface area contributed by atoms with Gasteiger partial charge < -0.3 is 10.6 Å². The topological polar surface area (TPSA) is 41.1 Å². The summed E-state index contributed by atoms with van der Waals surface area (Å²) in [6.45, 7) is 8.23. The van der Waals surface area contributed by atoms with Crippen molar-refractivity contribution in [3.05, 3.63) is 29.3 Å². The van der Waals surface area contributed by atoms with E-state index in [2.05, 4.69) is 37.5 Å². The number of hydrogen-bond donors (Lipinski definition) is 2. The molecule has 0 saturated carbocycles. The molecule has 1 atom stereocenters. The summed E-state index contributed by atoms with van der Waals surface area (Å²) in [7, 11) is 0. The maximum absolute atomic E-state index is 12.3. The third-order valence-electron chi connectivity index (χ3n) is 4.04. The van der Waals surface area contributed by atoms with Gasteiger partial charge in [-0.05, 0) is 36.3 Å². The van der Waals surface area contributed by atoms with Crippen molar-refractivity contribution in [3.8, 4) is 0 Å². The van der Waals surface area contributed by atoms with Crippen LogP contribution < -0.4 is 10.6 Å². The minimum Gasteiger partial charge on any atom is -0.384 e. The first kappa shape index (κ1) is 13.9. The van der Waals surface area contributed by atoms with Crippen molar-refractivity contribution in [2.24, 2.45) is 11.8 Å². The maximum Gasteiger partial charge on any atom is 0.253 e. The lowest BCUT2D eigenvalue weighted by Crippen LogP contribution is -2.31. The zero-order chi connectivity index (χ0) is 13.8. The molecule has 0 aliphatic carbocycles. The van der Waals surface area contributed by atoms with Crippen LogP contribution in [0.3, 0.4) is 0 Å². The van der Waals surface area contributed by atoms with Crippen molar-refractivity contribution in [1.29, 1.82) is 0 Å². The normalized spacial score (nSPS) is 15.6. The second-order valence-electron chi connectivity index (χ2n) is 5.80. The molecule has 3 heteroatoms. The number of para-hydroxylation sites is 1. The first-order chi connectivity index (χ1) is 9.09. The van der Waals surface area contributed by atoms with Gasteiger partial charge in [-0.2, -0.15) is 0 Å². The van der Waals surface area contributed by atoms with Crippen LogP contribution in [0.15, 0.2) is 18.2 Å². The van der Waals surface area contributed by atoms with E-state index in [0.29, 0.717) is 11.8 Å². The van der Waals surface area contributed by atoms with Gasteiger partial charge in [-0.15, -0.1) is 0 Å². The van der Waals surface area contributed by atoms with Gasteiger partial charge in [-0.25, -0.2) is 0 Å². The number of anilines is 1. The molecule has 1 unspecified atom stereocenters. The van der Waals surface area contributed by atoms with Gasteiger partial charge >= 0.3 is 0 Å². The van der Waals surface area contributed by atoms with Gasteiger partial charge in [-0.3, -0.25) is 4.79 Å². The van der Waals surface area contributed by atoms with Crippen LogP contribution in [0.1, 0.15) is 43.1 Å². The van der Waals surface area contributed by atoms with E-state index in [1.807, 2.05) is 12.1 Å². The summed E-state index contributed by atoms with van der Waals surface area (Å²) in [6, 6.07) is 5.99. The third kappa shape index (κ3) is 3.28. The molecule has 0 saturated heterocycles. The predicted octanol–water partition coefficient (Wildman–Crippen LogP) is 3.07. The summed E-state index contributed by atoms with van der Waals surface area (Å²) >= 11 is 0. The number of nitrogens with one attached hydrogen (secondary N) is 2. The van der Waals surface area contributed by atoms with Crippen LogP contribution in [0.2, 0.25) is 0 Å². The quantitative estimate of drug-likeness (QED) is 0.873. The summed E-state index contributed by atoms with van der Waals surface area (Å²) < 4.78 is 0. The van der Waals surface area contributed by atoms with Crippen LogP contribution in [0.25, 0.3) is 0 Å². The largest absolute Gasteiger partial charge is 0.384 e. The first-order valence-electron chi connectivity index (χ1n) is 7.23. The van der Waals surface area contributed by atoms with Crippen LogP contribution in [0.5, 0.6) is 0 Å². The van der Waals surface area contributed by atoms with Crippen molar-refractivity contribution < 1.29 is 4.79 Å². The van der Waals surface area contributed by atoms with E-state index in [9.17, 15) is 4.79 Å². The highest BCUT2D eigenvalue weighted by atomic mass is 16.1. The average Bonchev–Trinajstić information content (AvgIpc) is 2.43. The third-order valence-corrected chi connectivity index (χ3v) is 4.04.